The van der Waals surface area contributed by atoms with Gasteiger partial charge in [0.25, 0.3) is 5.91 Å². The van der Waals surface area contributed by atoms with E-state index in [9.17, 15) is 9.59 Å². The van der Waals surface area contributed by atoms with Gasteiger partial charge in [-0.05, 0) is 60.4 Å². The van der Waals surface area contributed by atoms with Gasteiger partial charge in [-0.15, -0.1) is 0 Å². The highest BCUT2D eigenvalue weighted by Gasteiger charge is 2.39. The lowest BCUT2D eigenvalue weighted by Gasteiger charge is -2.23. The average Bonchev–Trinajstić information content (AvgIpc) is 3.46. The molecule has 1 N–H and O–H groups in total. The lowest BCUT2D eigenvalue weighted by atomic mass is 9.99. The second-order valence-electron chi connectivity index (χ2n) is 8.92. The predicted octanol–water partition coefficient (Wildman–Crippen LogP) is 6.13. The number of aliphatic imine (C=N–C) groups is 1. The number of halogens is 1. The van der Waals surface area contributed by atoms with E-state index in [1.165, 1.54) is 11.8 Å². The summed E-state index contributed by atoms with van der Waals surface area (Å²) in [5, 5.41) is 10.2. The monoisotopic (exact) mass is 516 g/mol. The number of hydrogen-bond acceptors (Lipinski definition) is 5. The summed E-state index contributed by atoms with van der Waals surface area (Å²) in [6.07, 6.45) is 0.704. The molecule has 0 fully saturated rings. The van der Waals surface area contributed by atoms with E-state index in [0.29, 0.717) is 16.6 Å². The number of rotatable bonds is 5. The van der Waals surface area contributed by atoms with Gasteiger partial charge >= 0.3 is 0 Å². The summed E-state index contributed by atoms with van der Waals surface area (Å²) in [5.74, 6) is -0.534. The van der Waals surface area contributed by atoms with Crippen molar-refractivity contribution in [2.45, 2.75) is 38.0 Å². The van der Waals surface area contributed by atoms with Crippen LogP contribution in [0.2, 0.25) is 5.02 Å². The summed E-state index contributed by atoms with van der Waals surface area (Å²) < 4.78 is 0. The Kier molecular flexibility index (Phi) is 6.94. The quantitative estimate of drug-likeness (QED) is 0.442. The van der Waals surface area contributed by atoms with Crippen molar-refractivity contribution < 1.29 is 9.59 Å². The molecule has 36 heavy (non-hydrogen) atoms. The van der Waals surface area contributed by atoms with E-state index >= 15 is 0 Å². The van der Waals surface area contributed by atoms with Crippen LogP contribution in [0.3, 0.4) is 0 Å². The molecule has 0 saturated heterocycles. The number of anilines is 1. The Balaban J connectivity index is 1.33. The van der Waals surface area contributed by atoms with Crippen LogP contribution in [-0.2, 0) is 9.59 Å². The van der Waals surface area contributed by atoms with Crippen molar-refractivity contribution in [1.29, 1.82) is 0 Å². The molecule has 0 spiro atoms. The number of nitrogens with zero attached hydrogens (tertiary/aromatic N) is 3. The molecule has 0 saturated carbocycles. The minimum Gasteiger partial charge on any atom is -0.326 e. The number of amidine groups is 1. The molecule has 182 valence electrons. The Bertz CT molecular complexity index is 1370. The number of nitrogens with one attached hydrogen (secondary N) is 1. The van der Waals surface area contributed by atoms with Crippen LogP contribution in [0.1, 0.15) is 41.1 Å². The number of hydrogen-bond donors (Lipinski definition) is 1. The van der Waals surface area contributed by atoms with Gasteiger partial charge in [-0.25, -0.2) is 5.01 Å². The first-order valence-corrected chi connectivity index (χ1v) is 13.0. The van der Waals surface area contributed by atoms with Gasteiger partial charge in [0.1, 0.15) is 5.25 Å². The Morgan fingerprint density at radius 3 is 2.53 bits per heavy atom. The fraction of sp³-hybridized carbons (Fsp3) is 0.214. The maximum Gasteiger partial charge on any atom is 0.262 e. The molecule has 2 atom stereocenters. The molecule has 0 bridgehead atoms. The van der Waals surface area contributed by atoms with Crippen LogP contribution >= 0.6 is 23.4 Å². The molecule has 0 radical (unpaired) electrons. The fourth-order valence-electron chi connectivity index (χ4n) is 4.24. The van der Waals surface area contributed by atoms with Gasteiger partial charge in [-0.2, -0.15) is 10.1 Å². The smallest absolute Gasteiger partial charge is 0.262 e. The summed E-state index contributed by atoms with van der Waals surface area (Å²) in [5.41, 5.74) is 5.95. The molecule has 8 heteroatoms. The van der Waals surface area contributed by atoms with Gasteiger partial charge < -0.3 is 5.32 Å². The van der Waals surface area contributed by atoms with Gasteiger partial charge in [0, 0.05) is 23.6 Å². The summed E-state index contributed by atoms with van der Waals surface area (Å²) in [6.45, 7) is 4.02. The van der Waals surface area contributed by atoms with Gasteiger partial charge in [0.15, 0.2) is 5.17 Å². The molecule has 0 unspecified atom stereocenters. The number of carbonyl (C=O) groups excluding carboxylic acids is 2. The van der Waals surface area contributed by atoms with E-state index in [1.54, 1.807) is 0 Å². The Morgan fingerprint density at radius 2 is 1.81 bits per heavy atom. The van der Waals surface area contributed by atoms with E-state index in [4.69, 9.17) is 16.7 Å². The zero-order valence-corrected chi connectivity index (χ0v) is 21.5. The van der Waals surface area contributed by atoms with Crippen LogP contribution in [0.4, 0.5) is 5.69 Å². The fourth-order valence-corrected chi connectivity index (χ4v) is 5.43. The summed E-state index contributed by atoms with van der Waals surface area (Å²) >= 11 is 7.41. The normalized spacial score (nSPS) is 19.3. The summed E-state index contributed by atoms with van der Waals surface area (Å²) in [4.78, 5) is 29.8. The van der Waals surface area contributed by atoms with Crippen LogP contribution in [0.25, 0.3) is 0 Å². The SMILES string of the molecule is Cc1ccc(NC(=O)C[C@H]2SC(N3N=C(c4ccccc4)C[C@H]3c3ccc(Cl)cc3)=NC2=O)cc1C. The third-order valence-corrected chi connectivity index (χ3v) is 7.75. The number of hydrazone groups is 1. The molecule has 3 aromatic carbocycles. The number of thioether (sulfide) groups is 1. The van der Waals surface area contributed by atoms with Crippen LogP contribution in [0.5, 0.6) is 0 Å². The van der Waals surface area contributed by atoms with E-state index in [-0.39, 0.29) is 24.3 Å². The highest BCUT2D eigenvalue weighted by atomic mass is 35.5. The first kappa shape index (κ1) is 24.3. The first-order chi connectivity index (χ1) is 17.4. The van der Waals surface area contributed by atoms with Gasteiger partial charge in [-0.3, -0.25) is 9.59 Å². The van der Waals surface area contributed by atoms with Gasteiger partial charge in [0.2, 0.25) is 5.91 Å². The second-order valence-corrected chi connectivity index (χ2v) is 10.5. The van der Waals surface area contributed by atoms with Crippen LogP contribution in [0.15, 0.2) is 82.9 Å². The minimum absolute atomic E-state index is 0.0398. The molecule has 0 aliphatic carbocycles. The van der Waals surface area contributed by atoms with Crippen molar-refractivity contribution in [2.75, 3.05) is 5.32 Å². The maximum absolute atomic E-state index is 12.8. The maximum atomic E-state index is 12.8. The predicted molar refractivity (Wildman–Crippen MR) is 147 cm³/mol. The third kappa shape index (κ3) is 5.22. The largest absolute Gasteiger partial charge is 0.326 e. The Hall–Kier alpha value is -3.42. The molecular weight excluding hydrogens is 492 g/mol. The molecule has 5 rings (SSSR count). The lowest BCUT2D eigenvalue weighted by Crippen LogP contribution is -2.25. The van der Waals surface area contributed by atoms with Gasteiger partial charge in [-0.1, -0.05) is 71.9 Å². The second kappa shape index (κ2) is 10.3. The molecule has 2 aliphatic rings. The molecule has 2 heterocycles. The molecule has 2 aliphatic heterocycles. The first-order valence-electron chi connectivity index (χ1n) is 11.7. The van der Waals surface area contributed by atoms with Crippen molar-refractivity contribution in [3.05, 3.63) is 100 Å². The van der Waals surface area contributed by atoms with Crippen molar-refractivity contribution in [1.82, 2.24) is 5.01 Å². The van der Waals surface area contributed by atoms with E-state index in [1.807, 2.05) is 91.7 Å². The summed E-state index contributed by atoms with van der Waals surface area (Å²) in [7, 11) is 0. The number of amides is 2. The zero-order valence-electron chi connectivity index (χ0n) is 19.9. The number of benzene rings is 3. The molecule has 6 nitrogen and oxygen atoms in total. The highest BCUT2D eigenvalue weighted by Crippen LogP contribution is 2.38. The van der Waals surface area contributed by atoms with Crippen molar-refractivity contribution >= 4 is 51.7 Å². The lowest BCUT2D eigenvalue weighted by molar-refractivity contribution is -0.121. The number of aryl methyl sites for hydroxylation is 2. The number of carbonyl (C=O) groups is 2. The molecule has 2 amide bonds. The highest BCUT2D eigenvalue weighted by molar-refractivity contribution is 8.15. The van der Waals surface area contributed by atoms with E-state index in [0.717, 1.165) is 33.7 Å². The minimum atomic E-state index is -0.589. The average molecular weight is 517 g/mol. The zero-order chi connectivity index (χ0) is 25.2. The van der Waals surface area contributed by atoms with Crippen molar-refractivity contribution in [3.63, 3.8) is 0 Å². The molecule has 3 aromatic rings. The van der Waals surface area contributed by atoms with Gasteiger partial charge in [0.05, 0.1) is 11.8 Å². The standard InChI is InChI=1S/C28H25ClN4O2S/c1-17-8-13-22(14-18(17)2)30-26(34)16-25-27(35)31-28(36-25)33-24(20-9-11-21(29)12-10-20)15-23(32-33)19-6-4-3-5-7-19/h3-14,24-25H,15-16H2,1-2H3,(H,30,34)/t24-,25+/m0/s1. The Labute approximate surface area is 219 Å². The van der Waals surface area contributed by atoms with E-state index < -0.39 is 5.25 Å². The molecule has 0 aromatic heterocycles. The van der Waals surface area contributed by atoms with E-state index in [2.05, 4.69) is 10.3 Å². The topological polar surface area (TPSA) is 74.1 Å². The Morgan fingerprint density at radius 1 is 1.06 bits per heavy atom. The molecular formula is C28H25ClN4O2S. The van der Waals surface area contributed by atoms with Crippen LogP contribution in [0, 0.1) is 13.8 Å². The van der Waals surface area contributed by atoms with Crippen molar-refractivity contribution in [3.8, 4) is 0 Å². The van der Waals surface area contributed by atoms with Crippen LogP contribution < -0.4 is 5.32 Å². The third-order valence-electron chi connectivity index (χ3n) is 6.36. The van der Waals surface area contributed by atoms with Crippen LogP contribution in [-0.4, -0.2) is 33.0 Å². The van der Waals surface area contributed by atoms with Crippen molar-refractivity contribution in [2.24, 2.45) is 10.1 Å². The summed E-state index contributed by atoms with van der Waals surface area (Å²) in [6, 6.07) is 23.3.